The van der Waals surface area contributed by atoms with Gasteiger partial charge in [-0.15, -0.1) is 0 Å². The molecule has 0 spiro atoms. The molecule has 20 heavy (non-hydrogen) atoms. The number of nitrogens with zero attached hydrogens (tertiary/aromatic N) is 2. The zero-order chi connectivity index (χ0) is 14.2. The number of hydrogen-bond acceptors (Lipinski definition) is 4. The van der Waals surface area contributed by atoms with Gasteiger partial charge in [-0.3, -0.25) is 0 Å². The van der Waals surface area contributed by atoms with E-state index in [-0.39, 0.29) is 5.54 Å². The standard InChI is InChI=1S/C16H17N3S/c1-16(2,3)18-15-17-14(19-20-15)13-10-6-8-11-7-4-5-9-12(11)13/h4-10H,1-3H3,(H,17,18,19). The van der Waals surface area contributed by atoms with Crippen LogP contribution in [0.5, 0.6) is 0 Å². The first-order chi connectivity index (χ1) is 9.53. The van der Waals surface area contributed by atoms with E-state index in [1.165, 1.54) is 22.3 Å². The molecule has 0 amide bonds. The molecule has 3 aromatic rings. The fourth-order valence-electron chi connectivity index (χ4n) is 2.12. The molecule has 0 bridgehead atoms. The van der Waals surface area contributed by atoms with E-state index in [0.29, 0.717) is 0 Å². The Morgan fingerprint density at radius 3 is 2.55 bits per heavy atom. The van der Waals surface area contributed by atoms with Crippen molar-refractivity contribution < 1.29 is 0 Å². The normalized spacial score (nSPS) is 11.8. The molecule has 0 unspecified atom stereocenters. The van der Waals surface area contributed by atoms with Crippen molar-refractivity contribution in [3.8, 4) is 11.4 Å². The van der Waals surface area contributed by atoms with Crippen LogP contribution in [0.1, 0.15) is 20.8 Å². The molecule has 0 aliphatic carbocycles. The van der Waals surface area contributed by atoms with Crippen molar-refractivity contribution in [1.29, 1.82) is 0 Å². The van der Waals surface area contributed by atoms with Gasteiger partial charge in [-0.05, 0) is 31.5 Å². The molecule has 4 heteroatoms. The van der Waals surface area contributed by atoms with Gasteiger partial charge in [0.15, 0.2) is 5.82 Å². The highest BCUT2D eigenvalue weighted by Crippen LogP contribution is 2.29. The minimum Gasteiger partial charge on any atom is -0.356 e. The molecule has 2 aromatic carbocycles. The predicted molar refractivity (Wildman–Crippen MR) is 86.2 cm³/mol. The number of fused-ring (bicyclic) bond motifs is 1. The molecule has 0 fully saturated rings. The Kier molecular flexibility index (Phi) is 3.18. The van der Waals surface area contributed by atoms with Crippen molar-refractivity contribution in [3.05, 3.63) is 42.5 Å². The highest BCUT2D eigenvalue weighted by molar-refractivity contribution is 7.09. The molecule has 3 nitrogen and oxygen atoms in total. The zero-order valence-electron chi connectivity index (χ0n) is 11.8. The first-order valence-electron chi connectivity index (χ1n) is 6.63. The van der Waals surface area contributed by atoms with Gasteiger partial charge in [-0.2, -0.15) is 9.36 Å². The van der Waals surface area contributed by atoms with Crippen LogP contribution in [-0.4, -0.2) is 14.9 Å². The Hall–Kier alpha value is -1.94. The van der Waals surface area contributed by atoms with Crippen molar-refractivity contribution in [2.24, 2.45) is 0 Å². The maximum absolute atomic E-state index is 4.61. The Morgan fingerprint density at radius 2 is 1.75 bits per heavy atom. The monoisotopic (exact) mass is 283 g/mol. The Morgan fingerprint density at radius 1 is 1.00 bits per heavy atom. The minimum absolute atomic E-state index is 0.00441. The molecular formula is C16H17N3S. The second kappa shape index (κ2) is 4.87. The van der Waals surface area contributed by atoms with Crippen molar-refractivity contribution in [2.45, 2.75) is 26.3 Å². The lowest BCUT2D eigenvalue weighted by Crippen LogP contribution is -2.25. The quantitative estimate of drug-likeness (QED) is 0.748. The van der Waals surface area contributed by atoms with Gasteiger partial charge in [0.05, 0.1) is 0 Å². The van der Waals surface area contributed by atoms with E-state index in [2.05, 4.69) is 65.8 Å². The van der Waals surface area contributed by atoms with Crippen LogP contribution >= 0.6 is 11.5 Å². The summed E-state index contributed by atoms with van der Waals surface area (Å²) in [7, 11) is 0. The molecule has 102 valence electrons. The smallest absolute Gasteiger partial charge is 0.203 e. The van der Waals surface area contributed by atoms with Gasteiger partial charge in [0.25, 0.3) is 0 Å². The lowest BCUT2D eigenvalue weighted by molar-refractivity contribution is 0.633. The fraction of sp³-hybridized carbons (Fsp3) is 0.250. The Labute approximate surface area is 122 Å². The van der Waals surface area contributed by atoms with Crippen LogP contribution in [0.25, 0.3) is 22.2 Å². The molecule has 1 N–H and O–H groups in total. The molecular weight excluding hydrogens is 266 g/mol. The maximum atomic E-state index is 4.61. The molecule has 0 aliphatic rings. The summed E-state index contributed by atoms with van der Waals surface area (Å²) >= 11 is 1.41. The first-order valence-corrected chi connectivity index (χ1v) is 7.40. The van der Waals surface area contributed by atoms with Crippen molar-refractivity contribution in [2.75, 3.05) is 5.32 Å². The van der Waals surface area contributed by atoms with Crippen LogP contribution in [0, 0.1) is 0 Å². The third-order valence-corrected chi connectivity index (χ3v) is 3.57. The highest BCUT2D eigenvalue weighted by Gasteiger charge is 2.14. The van der Waals surface area contributed by atoms with E-state index in [4.69, 9.17) is 0 Å². The van der Waals surface area contributed by atoms with Crippen LogP contribution in [0.4, 0.5) is 5.13 Å². The van der Waals surface area contributed by atoms with E-state index >= 15 is 0 Å². The van der Waals surface area contributed by atoms with Crippen LogP contribution in [0.3, 0.4) is 0 Å². The maximum Gasteiger partial charge on any atom is 0.203 e. The van der Waals surface area contributed by atoms with Crippen molar-refractivity contribution >= 4 is 27.4 Å². The average molecular weight is 283 g/mol. The number of anilines is 1. The fourth-order valence-corrected chi connectivity index (χ4v) is 2.92. The third-order valence-electron chi connectivity index (χ3n) is 2.94. The summed E-state index contributed by atoms with van der Waals surface area (Å²) in [5.41, 5.74) is 1.08. The van der Waals surface area contributed by atoms with Gasteiger partial charge in [-0.1, -0.05) is 42.5 Å². The van der Waals surface area contributed by atoms with Crippen LogP contribution in [-0.2, 0) is 0 Å². The van der Waals surface area contributed by atoms with Crippen LogP contribution in [0.2, 0.25) is 0 Å². The van der Waals surface area contributed by atoms with Gasteiger partial charge in [0, 0.05) is 22.6 Å². The molecule has 0 saturated carbocycles. The van der Waals surface area contributed by atoms with Gasteiger partial charge in [0.1, 0.15) is 0 Å². The summed E-state index contributed by atoms with van der Waals surface area (Å²) in [6, 6.07) is 14.6. The van der Waals surface area contributed by atoms with Gasteiger partial charge in [-0.25, -0.2) is 0 Å². The largest absolute Gasteiger partial charge is 0.356 e. The van der Waals surface area contributed by atoms with E-state index in [0.717, 1.165) is 16.5 Å². The van der Waals surface area contributed by atoms with Crippen LogP contribution in [0.15, 0.2) is 42.5 Å². The predicted octanol–water partition coefficient (Wildman–Crippen LogP) is 4.57. The summed E-state index contributed by atoms with van der Waals surface area (Å²) in [6.07, 6.45) is 0. The molecule has 3 rings (SSSR count). The van der Waals surface area contributed by atoms with E-state index < -0.39 is 0 Å². The topological polar surface area (TPSA) is 37.8 Å². The number of rotatable bonds is 2. The summed E-state index contributed by atoms with van der Waals surface area (Å²) in [6.45, 7) is 6.35. The molecule has 0 atom stereocenters. The summed E-state index contributed by atoms with van der Waals surface area (Å²) < 4.78 is 4.49. The van der Waals surface area contributed by atoms with E-state index in [1.807, 2.05) is 12.1 Å². The molecule has 0 saturated heterocycles. The van der Waals surface area contributed by atoms with E-state index in [1.54, 1.807) is 0 Å². The number of nitrogens with one attached hydrogen (secondary N) is 1. The zero-order valence-corrected chi connectivity index (χ0v) is 12.7. The van der Waals surface area contributed by atoms with E-state index in [9.17, 15) is 0 Å². The molecule has 1 heterocycles. The van der Waals surface area contributed by atoms with Crippen molar-refractivity contribution in [1.82, 2.24) is 9.36 Å². The SMILES string of the molecule is CC(C)(C)Nc1nc(-c2cccc3ccccc23)ns1. The van der Waals surface area contributed by atoms with Crippen LogP contribution < -0.4 is 5.32 Å². The molecule has 0 aliphatic heterocycles. The first kappa shape index (κ1) is 13.1. The second-order valence-electron chi connectivity index (χ2n) is 5.82. The number of aromatic nitrogens is 2. The minimum atomic E-state index is -0.00441. The van der Waals surface area contributed by atoms with Gasteiger partial charge < -0.3 is 5.32 Å². The summed E-state index contributed by atoms with van der Waals surface area (Å²) in [5, 5.41) is 6.63. The lowest BCUT2D eigenvalue weighted by Gasteiger charge is -2.18. The van der Waals surface area contributed by atoms with Gasteiger partial charge in [0.2, 0.25) is 5.13 Å². The third kappa shape index (κ3) is 2.65. The number of benzene rings is 2. The second-order valence-corrected chi connectivity index (χ2v) is 6.58. The number of hydrogen-bond donors (Lipinski definition) is 1. The van der Waals surface area contributed by atoms with Gasteiger partial charge >= 0.3 is 0 Å². The lowest BCUT2D eigenvalue weighted by atomic mass is 10.0. The average Bonchev–Trinajstić information content (AvgIpc) is 2.84. The summed E-state index contributed by atoms with van der Waals surface area (Å²) in [4.78, 5) is 4.61. The van der Waals surface area contributed by atoms with Crippen molar-refractivity contribution in [3.63, 3.8) is 0 Å². The summed E-state index contributed by atoms with van der Waals surface area (Å²) in [5.74, 6) is 0.790. The Balaban J connectivity index is 2.04. The molecule has 1 aromatic heterocycles. The Bertz CT molecular complexity index is 735. The molecule has 0 radical (unpaired) electrons. The highest BCUT2D eigenvalue weighted by atomic mass is 32.1.